The molecular formula is C7H4N4O2. The SMILES string of the molecule is O=COc1ccc2nnnc-2nc1. The Labute approximate surface area is 72.9 Å². The summed E-state index contributed by atoms with van der Waals surface area (Å²) in [7, 11) is 0. The molecule has 0 aromatic carbocycles. The third kappa shape index (κ3) is 1.41. The van der Waals surface area contributed by atoms with E-state index in [1.54, 1.807) is 12.1 Å². The fourth-order valence-electron chi connectivity index (χ4n) is 0.863. The third-order valence-electron chi connectivity index (χ3n) is 1.42. The van der Waals surface area contributed by atoms with Gasteiger partial charge in [-0.05, 0) is 17.3 Å². The highest BCUT2D eigenvalue weighted by Crippen LogP contribution is 2.14. The van der Waals surface area contributed by atoms with E-state index < -0.39 is 0 Å². The van der Waals surface area contributed by atoms with Gasteiger partial charge in [0, 0.05) is 0 Å². The van der Waals surface area contributed by atoms with Crippen LogP contribution in [0.2, 0.25) is 0 Å². The average Bonchev–Trinajstić information content (AvgIpc) is 2.50. The summed E-state index contributed by atoms with van der Waals surface area (Å²) >= 11 is 0. The number of hydrogen-bond acceptors (Lipinski definition) is 6. The molecular weight excluding hydrogens is 172 g/mol. The van der Waals surface area contributed by atoms with Crippen LogP contribution in [0, 0.1) is 0 Å². The smallest absolute Gasteiger partial charge is 0.298 e. The number of rotatable bonds is 2. The second kappa shape index (κ2) is 3.10. The van der Waals surface area contributed by atoms with Gasteiger partial charge in [-0.25, -0.2) is 4.98 Å². The van der Waals surface area contributed by atoms with Gasteiger partial charge < -0.3 is 4.74 Å². The maximum absolute atomic E-state index is 10.0. The molecule has 0 aromatic heterocycles. The van der Waals surface area contributed by atoms with Crippen LogP contribution in [0.5, 0.6) is 5.75 Å². The molecule has 2 aliphatic rings. The number of ether oxygens (including phenoxy) is 1. The summed E-state index contributed by atoms with van der Waals surface area (Å²) < 4.78 is 4.59. The van der Waals surface area contributed by atoms with E-state index in [0.29, 0.717) is 23.7 Å². The van der Waals surface area contributed by atoms with Crippen LogP contribution in [0.3, 0.4) is 0 Å². The maximum atomic E-state index is 10.0. The lowest BCUT2D eigenvalue weighted by atomic mass is 10.4. The largest absolute Gasteiger partial charge is 0.427 e. The first kappa shape index (κ1) is 7.53. The van der Waals surface area contributed by atoms with Crippen LogP contribution in [-0.2, 0) is 4.79 Å². The lowest BCUT2D eigenvalue weighted by Gasteiger charge is -1.87. The molecule has 0 amide bonds. The second-order valence-electron chi connectivity index (χ2n) is 2.21. The van der Waals surface area contributed by atoms with Gasteiger partial charge in [-0.3, -0.25) is 4.79 Å². The molecule has 2 rings (SSSR count). The van der Waals surface area contributed by atoms with Crippen molar-refractivity contribution < 1.29 is 9.53 Å². The fourth-order valence-corrected chi connectivity index (χ4v) is 0.863. The minimum Gasteiger partial charge on any atom is -0.427 e. The monoisotopic (exact) mass is 176 g/mol. The van der Waals surface area contributed by atoms with E-state index >= 15 is 0 Å². The van der Waals surface area contributed by atoms with Gasteiger partial charge in [-0.15, -0.1) is 10.2 Å². The Hall–Kier alpha value is -2.11. The Morgan fingerprint density at radius 2 is 2.23 bits per heavy atom. The zero-order valence-corrected chi connectivity index (χ0v) is 6.41. The molecule has 0 unspecified atom stereocenters. The Balaban J connectivity index is 2.48. The van der Waals surface area contributed by atoms with E-state index in [9.17, 15) is 4.79 Å². The first-order valence-electron chi connectivity index (χ1n) is 3.45. The molecule has 0 fully saturated rings. The molecule has 2 heterocycles. The minimum absolute atomic E-state index is 0.334. The van der Waals surface area contributed by atoms with Gasteiger partial charge in [-0.1, -0.05) is 0 Å². The maximum Gasteiger partial charge on any atom is 0.298 e. The molecule has 0 aromatic rings. The molecule has 0 saturated heterocycles. The number of hydrogen-bond donors (Lipinski definition) is 0. The molecule has 0 N–H and O–H groups in total. The fraction of sp³-hybridized carbons (Fsp3) is 0. The van der Waals surface area contributed by atoms with Crippen molar-refractivity contribution in [3.05, 3.63) is 18.3 Å². The molecule has 0 atom stereocenters. The molecule has 6 nitrogen and oxygen atoms in total. The van der Waals surface area contributed by atoms with Crippen LogP contribution in [-0.4, -0.2) is 26.9 Å². The van der Waals surface area contributed by atoms with Crippen LogP contribution in [0.4, 0.5) is 0 Å². The second-order valence-corrected chi connectivity index (χ2v) is 2.21. The Morgan fingerprint density at radius 1 is 1.31 bits per heavy atom. The molecule has 0 spiro atoms. The van der Waals surface area contributed by atoms with E-state index in [0.717, 1.165) is 0 Å². The zero-order valence-electron chi connectivity index (χ0n) is 6.41. The Bertz CT molecular complexity index is 375. The van der Waals surface area contributed by atoms with Crippen molar-refractivity contribution in [1.29, 1.82) is 0 Å². The standard InChI is InChI=1S/C7H4N4O2/c12-4-13-5-1-2-6-7(8-3-5)10-11-9-6/h1-4H. The summed E-state index contributed by atoms with van der Waals surface area (Å²) in [6, 6.07) is 3.20. The van der Waals surface area contributed by atoms with E-state index in [4.69, 9.17) is 0 Å². The molecule has 2 aliphatic heterocycles. The zero-order chi connectivity index (χ0) is 9.10. The van der Waals surface area contributed by atoms with E-state index in [-0.39, 0.29) is 0 Å². The van der Waals surface area contributed by atoms with Gasteiger partial charge in [0.05, 0.1) is 6.20 Å². The first-order valence-corrected chi connectivity index (χ1v) is 3.45. The highest BCUT2D eigenvalue weighted by atomic mass is 16.5. The summed E-state index contributed by atoms with van der Waals surface area (Å²) in [5, 5.41) is 10.8. The van der Waals surface area contributed by atoms with Crippen LogP contribution in [0.1, 0.15) is 0 Å². The number of nitrogens with zero attached hydrogens (tertiary/aromatic N) is 4. The summed E-state index contributed by atoms with van der Waals surface area (Å²) in [4.78, 5) is 13.9. The van der Waals surface area contributed by atoms with Crippen molar-refractivity contribution in [2.24, 2.45) is 0 Å². The first-order chi connectivity index (χ1) is 6.40. The molecule has 6 heteroatoms. The van der Waals surface area contributed by atoms with E-state index in [1.807, 2.05) is 0 Å². The third-order valence-corrected chi connectivity index (χ3v) is 1.42. The predicted octanol–water partition coefficient (Wildman–Crippen LogP) is -0.0934. The van der Waals surface area contributed by atoms with Crippen LogP contribution in [0.15, 0.2) is 18.3 Å². The van der Waals surface area contributed by atoms with Gasteiger partial charge in [0.15, 0.2) is 0 Å². The van der Waals surface area contributed by atoms with E-state index in [2.05, 4.69) is 25.1 Å². The molecule has 13 heavy (non-hydrogen) atoms. The Morgan fingerprint density at radius 3 is 3.08 bits per heavy atom. The van der Waals surface area contributed by atoms with Crippen molar-refractivity contribution in [2.75, 3.05) is 0 Å². The van der Waals surface area contributed by atoms with Gasteiger partial charge in [0.2, 0.25) is 5.82 Å². The van der Waals surface area contributed by atoms with Crippen molar-refractivity contribution in [3.8, 4) is 17.3 Å². The summed E-state index contributed by atoms with van der Waals surface area (Å²) in [6.45, 7) is 0.334. The van der Waals surface area contributed by atoms with Crippen molar-refractivity contribution in [1.82, 2.24) is 20.4 Å². The summed E-state index contributed by atoms with van der Waals surface area (Å²) in [6.07, 6.45) is 1.38. The lowest BCUT2D eigenvalue weighted by Crippen LogP contribution is -1.86. The molecule has 0 saturated carbocycles. The topological polar surface area (TPSA) is 77.9 Å². The van der Waals surface area contributed by atoms with Crippen molar-refractivity contribution >= 4 is 6.47 Å². The average molecular weight is 176 g/mol. The summed E-state index contributed by atoms with van der Waals surface area (Å²) in [5.74, 6) is 0.760. The number of fused-ring (bicyclic) bond motifs is 1. The quantitative estimate of drug-likeness (QED) is 0.595. The van der Waals surface area contributed by atoms with Crippen LogP contribution < -0.4 is 4.74 Å². The number of carbonyl (C=O) groups is 1. The highest BCUT2D eigenvalue weighted by Gasteiger charge is 2.05. The van der Waals surface area contributed by atoms with Crippen LogP contribution in [0.25, 0.3) is 11.5 Å². The number of aromatic nitrogens is 4. The number of carbonyl (C=O) groups excluding carboxylic acids is 1. The lowest BCUT2D eigenvalue weighted by molar-refractivity contribution is -0.120. The molecule has 0 aliphatic carbocycles. The molecule has 0 radical (unpaired) electrons. The van der Waals surface area contributed by atoms with Gasteiger partial charge in [0.25, 0.3) is 6.47 Å². The van der Waals surface area contributed by atoms with Gasteiger partial charge in [0.1, 0.15) is 11.4 Å². The van der Waals surface area contributed by atoms with Crippen molar-refractivity contribution in [2.45, 2.75) is 0 Å². The van der Waals surface area contributed by atoms with Gasteiger partial charge in [-0.2, -0.15) is 0 Å². The van der Waals surface area contributed by atoms with Gasteiger partial charge >= 0.3 is 0 Å². The molecule has 64 valence electrons. The van der Waals surface area contributed by atoms with E-state index in [1.165, 1.54) is 6.20 Å². The summed E-state index contributed by atoms with van der Waals surface area (Å²) in [5.41, 5.74) is 0.556. The Kier molecular flexibility index (Phi) is 1.79. The van der Waals surface area contributed by atoms with Crippen molar-refractivity contribution in [3.63, 3.8) is 0 Å². The van der Waals surface area contributed by atoms with Crippen LogP contribution >= 0.6 is 0 Å². The highest BCUT2D eigenvalue weighted by molar-refractivity contribution is 5.50. The minimum atomic E-state index is 0.334. The normalized spacial score (nSPS) is 9.85. The molecule has 0 bridgehead atoms. The predicted molar refractivity (Wildman–Crippen MR) is 40.9 cm³/mol.